The first-order chi connectivity index (χ1) is 14.9. The maximum Gasteiger partial charge on any atom is 0.341 e. The van der Waals surface area contributed by atoms with Gasteiger partial charge in [-0.05, 0) is 60.9 Å². The Morgan fingerprint density at radius 2 is 2.00 bits per heavy atom. The van der Waals surface area contributed by atoms with Gasteiger partial charge in [-0.2, -0.15) is 0 Å². The van der Waals surface area contributed by atoms with Crippen molar-refractivity contribution in [1.29, 1.82) is 0 Å². The largest absolute Gasteiger partial charge is 0.493 e. The number of aryl methyl sites for hydroxylation is 1. The molecule has 1 aromatic carbocycles. The number of hydrogen-bond acceptors (Lipinski definition) is 6. The highest BCUT2D eigenvalue weighted by Crippen LogP contribution is 2.39. The Morgan fingerprint density at radius 1 is 1.19 bits per heavy atom. The molecule has 0 unspecified atom stereocenters. The number of ether oxygens (including phenoxy) is 3. The highest BCUT2D eigenvalue weighted by molar-refractivity contribution is 7.17. The molecule has 0 atom stereocenters. The quantitative estimate of drug-likeness (QED) is 0.431. The Balaban J connectivity index is 1.68. The van der Waals surface area contributed by atoms with Gasteiger partial charge in [0.1, 0.15) is 5.00 Å². The monoisotopic (exact) mass is 443 g/mol. The molecule has 0 spiro atoms. The van der Waals surface area contributed by atoms with E-state index in [1.165, 1.54) is 24.5 Å². The van der Waals surface area contributed by atoms with Crippen molar-refractivity contribution in [3.63, 3.8) is 0 Å². The molecule has 0 bridgehead atoms. The van der Waals surface area contributed by atoms with Gasteiger partial charge >= 0.3 is 5.97 Å². The van der Waals surface area contributed by atoms with Gasteiger partial charge in [0.15, 0.2) is 11.5 Å². The van der Waals surface area contributed by atoms with E-state index in [1.54, 1.807) is 13.2 Å². The van der Waals surface area contributed by atoms with Crippen LogP contribution in [0, 0.1) is 5.92 Å². The van der Waals surface area contributed by atoms with E-state index in [-0.39, 0.29) is 5.91 Å². The number of methoxy groups -OCH3 is 2. The van der Waals surface area contributed by atoms with Gasteiger partial charge in [-0.25, -0.2) is 4.79 Å². The van der Waals surface area contributed by atoms with Crippen molar-refractivity contribution in [2.75, 3.05) is 26.1 Å². The summed E-state index contributed by atoms with van der Waals surface area (Å²) in [4.78, 5) is 25.9. The molecule has 31 heavy (non-hydrogen) atoms. The number of nitrogens with one attached hydrogen (secondary N) is 1. The van der Waals surface area contributed by atoms with Crippen molar-refractivity contribution in [3.05, 3.63) is 45.8 Å². The van der Waals surface area contributed by atoms with Crippen LogP contribution in [0.25, 0.3) is 6.08 Å². The number of benzene rings is 1. The van der Waals surface area contributed by atoms with Crippen molar-refractivity contribution in [1.82, 2.24) is 0 Å². The number of rotatable bonds is 9. The molecule has 166 valence electrons. The highest BCUT2D eigenvalue weighted by atomic mass is 32.1. The van der Waals surface area contributed by atoms with Gasteiger partial charge in [0.05, 0.1) is 26.4 Å². The third-order valence-corrected chi connectivity index (χ3v) is 6.32. The molecule has 0 radical (unpaired) electrons. The van der Waals surface area contributed by atoms with Gasteiger partial charge in [0, 0.05) is 11.0 Å². The van der Waals surface area contributed by atoms with Crippen LogP contribution in [0.4, 0.5) is 5.00 Å². The predicted molar refractivity (Wildman–Crippen MR) is 123 cm³/mol. The molecular weight excluding hydrogens is 414 g/mol. The van der Waals surface area contributed by atoms with Gasteiger partial charge in [0.25, 0.3) is 0 Å². The number of hydrogen-bond donors (Lipinski definition) is 1. The van der Waals surface area contributed by atoms with Crippen molar-refractivity contribution >= 4 is 34.3 Å². The first kappa shape index (κ1) is 22.9. The van der Waals surface area contributed by atoms with Crippen molar-refractivity contribution in [2.24, 2.45) is 5.92 Å². The molecule has 1 aliphatic carbocycles. The zero-order valence-electron chi connectivity index (χ0n) is 18.4. The van der Waals surface area contributed by atoms with E-state index in [1.807, 2.05) is 18.2 Å². The summed E-state index contributed by atoms with van der Waals surface area (Å²) in [7, 11) is 2.95. The molecule has 0 aliphatic heterocycles. The topological polar surface area (TPSA) is 73.9 Å². The molecule has 1 amide bonds. The van der Waals surface area contributed by atoms with Crippen LogP contribution in [0.2, 0.25) is 0 Å². The van der Waals surface area contributed by atoms with Crippen LogP contribution in [0.15, 0.2) is 24.3 Å². The van der Waals surface area contributed by atoms with E-state index in [9.17, 15) is 9.59 Å². The zero-order chi connectivity index (χ0) is 22.4. The lowest BCUT2D eigenvalue weighted by molar-refractivity contribution is -0.111. The lowest BCUT2D eigenvalue weighted by Gasteiger charge is -2.12. The van der Waals surface area contributed by atoms with Crippen LogP contribution >= 0.6 is 11.3 Å². The van der Waals surface area contributed by atoms with Crippen LogP contribution < -0.4 is 14.8 Å². The SMILES string of the molecule is COC(=O)c1c(NC(=O)C=Cc2ccc(OCCC(C)C)c(OC)c2)sc2c1CCC2. The van der Waals surface area contributed by atoms with E-state index in [0.29, 0.717) is 34.6 Å². The molecule has 1 aromatic heterocycles. The Morgan fingerprint density at radius 3 is 2.71 bits per heavy atom. The number of thiophene rings is 1. The van der Waals surface area contributed by atoms with Crippen LogP contribution in [0.3, 0.4) is 0 Å². The molecule has 0 saturated heterocycles. The van der Waals surface area contributed by atoms with E-state index >= 15 is 0 Å². The summed E-state index contributed by atoms with van der Waals surface area (Å²) < 4.78 is 16.2. The van der Waals surface area contributed by atoms with Crippen LogP contribution in [-0.2, 0) is 22.4 Å². The van der Waals surface area contributed by atoms with E-state index in [0.717, 1.165) is 41.7 Å². The molecule has 3 rings (SSSR count). The maximum absolute atomic E-state index is 12.5. The van der Waals surface area contributed by atoms with Crippen LogP contribution in [0.1, 0.15) is 53.1 Å². The lowest BCUT2D eigenvalue weighted by Crippen LogP contribution is -2.12. The minimum Gasteiger partial charge on any atom is -0.493 e. The molecule has 0 saturated carbocycles. The third kappa shape index (κ3) is 5.67. The summed E-state index contributed by atoms with van der Waals surface area (Å²) in [5, 5.41) is 3.39. The number of carbonyl (C=O) groups excluding carboxylic acids is 2. The Labute approximate surface area is 187 Å². The Hall–Kier alpha value is -2.80. The standard InChI is InChI=1S/C24H29NO5S/c1-15(2)12-13-30-18-10-8-16(14-19(18)28-3)9-11-21(26)25-23-22(24(27)29-4)17-6-5-7-20(17)31-23/h8-11,14-15H,5-7,12-13H2,1-4H3,(H,25,26). The number of esters is 1. The molecule has 1 aliphatic rings. The number of fused-ring (bicyclic) bond motifs is 1. The highest BCUT2D eigenvalue weighted by Gasteiger charge is 2.27. The smallest absolute Gasteiger partial charge is 0.341 e. The second-order valence-corrected chi connectivity index (χ2v) is 8.92. The average molecular weight is 444 g/mol. The van der Waals surface area contributed by atoms with E-state index in [2.05, 4.69) is 19.2 Å². The normalized spacial score (nSPS) is 12.8. The first-order valence-corrected chi connectivity index (χ1v) is 11.3. The maximum atomic E-state index is 12.5. The molecule has 7 heteroatoms. The minimum atomic E-state index is -0.406. The summed E-state index contributed by atoms with van der Waals surface area (Å²) in [6.45, 7) is 4.92. The van der Waals surface area contributed by atoms with Gasteiger partial charge in [-0.15, -0.1) is 11.3 Å². The molecule has 1 heterocycles. The zero-order valence-corrected chi connectivity index (χ0v) is 19.3. The lowest BCUT2D eigenvalue weighted by atomic mass is 10.1. The summed E-state index contributed by atoms with van der Waals surface area (Å²) in [5.74, 6) is 1.16. The predicted octanol–water partition coefficient (Wildman–Crippen LogP) is 5.11. The fraction of sp³-hybridized carbons (Fsp3) is 0.417. The van der Waals surface area contributed by atoms with E-state index < -0.39 is 5.97 Å². The Kier molecular flexibility index (Phi) is 7.74. The molecular formula is C24H29NO5S. The summed E-state index contributed by atoms with van der Waals surface area (Å²) in [6, 6.07) is 5.54. The van der Waals surface area contributed by atoms with Crippen molar-refractivity contribution in [3.8, 4) is 11.5 Å². The van der Waals surface area contributed by atoms with Gasteiger partial charge in [-0.3, -0.25) is 4.79 Å². The number of amides is 1. The van der Waals surface area contributed by atoms with E-state index in [4.69, 9.17) is 14.2 Å². The first-order valence-electron chi connectivity index (χ1n) is 10.5. The number of carbonyl (C=O) groups is 2. The minimum absolute atomic E-state index is 0.304. The summed E-state index contributed by atoms with van der Waals surface area (Å²) in [6.07, 6.45) is 6.91. The number of anilines is 1. The molecule has 6 nitrogen and oxygen atoms in total. The van der Waals surface area contributed by atoms with Crippen molar-refractivity contribution < 1.29 is 23.8 Å². The molecule has 1 N–H and O–H groups in total. The van der Waals surface area contributed by atoms with Crippen LogP contribution in [-0.4, -0.2) is 32.7 Å². The second kappa shape index (κ2) is 10.5. The van der Waals surface area contributed by atoms with Crippen LogP contribution in [0.5, 0.6) is 11.5 Å². The van der Waals surface area contributed by atoms with Gasteiger partial charge < -0.3 is 19.5 Å². The second-order valence-electron chi connectivity index (χ2n) is 7.82. The van der Waals surface area contributed by atoms with Crippen molar-refractivity contribution in [2.45, 2.75) is 39.5 Å². The average Bonchev–Trinajstić information content (AvgIpc) is 3.32. The molecule has 0 fully saturated rings. The molecule has 2 aromatic rings. The van der Waals surface area contributed by atoms with Gasteiger partial charge in [-0.1, -0.05) is 19.9 Å². The Bertz CT molecular complexity index is 977. The summed E-state index contributed by atoms with van der Waals surface area (Å²) in [5.41, 5.74) is 2.31. The fourth-order valence-electron chi connectivity index (χ4n) is 3.45. The van der Waals surface area contributed by atoms with Gasteiger partial charge in [0.2, 0.25) is 5.91 Å². The third-order valence-electron chi connectivity index (χ3n) is 5.12. The summed E-state index contributed by atoms with van der Waals surface area (Å²) >= 11 is 1.46. The fourth-order valence-corrected chi connectivity index (χ4v) is 4.73.